The van der Waals surface area contributed by atoms with Crippen LogP contribution >= 0.6 is 0 Å². The molecule has 6 nitrogen and oxygen atoms in total. The van der Waals surface area contributed by atoms with E-state index < -0.39 is 22.0 Å². The van der Waals surface area contributed by atoms with E-state index in [9.17, 15) is 13.2 Å². The summed E-state index contributed by atoms with van der Waals surface area (Å²) in [5.41, 5.74) is 0.785. The number of carbonyl (C=O) groups excluding carboxylic acids is 1. The van der Waals surface area contributed by atoms with Crippen LogP contribution in [0.25, 0.3) is 0 Å². The van der Waals surface area contributed by atoms with Gasteiger partial charge in [0.1, 0.15) is 18.4 Å². The fourth-order valence-corrected chi connectivity index (χ4v) is 3.61. The number of sulfonamides is 1. The van der Waals surface area contributed by atoms with Crippen LogP contribution in [-0.4, -0.2) is 27.5 Å². The van der Waals surface area contributed by atoms with Crippen molar-refractivity contribution in [1.82, 2.24) is 4.72 Å². The van der Waals surface area contributed by atoms with Crippen LogP contribution in [0.2, 0.25) is 0 Å². The maximum atomic E-state index is 12.5. The van der Waals surface area contributed by atoms with Crippen molar-refractivity contribution in [2.75, 3.05) is 7.11 Å². The zero-order valence-corrected chi connectivity index (χ0v) is 15.8. The fourth-order valence-electron chi connectivity index (χ4n) is 2.26. The molecule has 0 radical (unpaired) electrons. The molecule has 1 N–H and O–H groups in total. The molecular weight excluding hydrogens is 354 g/mol. The lowest BCUT2D eigenvalue weighted by Crippen LogP contribution is -2.45. The average Bonchev–Trinajstić information content (AvgIpc) is 2.65. The molecule has 2 aromatic rings. The molecule has 2 aromatic carbocycles. The largest absolute Gasteiger partial charge is 0.497 e. The number of ether oxygens (including phenoxy) is 2. The quantitative estimate of drug-likeness (QED) is 0.716. The normalized spacial score (nSPS) is 12.6. The number of hydrogen-bond acceptors (Lipinski definition) is 5. The van der Waals surface area contributed by atoms with Crippen molar-refractivity contribution in [2.24, 2.45) is 5.92 Å². The molecule has 7 heteroatoms. The van der Waals surface area contributed by atoms with Crippen molar-refractivity contribution in [3.05, 3.63) is 60.2 Å². The summed E-state index contributed by atoms with van der Waals surface area (Å²) in [7, 11) is -2.24. The van der Waals surface area contributed by atoms with Gasteiger partial charge in [-0.25, -0.2) is 8.42 Å². The zero-order chi connectivity index (χ0) is 19.2. The summed E-state index contributed by atoms with van der Waals surface area (Å²) in [5.74, 6) is -0.178. The molecule has 140 valence electrons. The number of hydrogen-bond donors (Lipinski definition) is 1. The third-order valence-corrected chi connectivity index (χ3v) is 5.25. The SMILES string of the molecule is COc1ccc(COC(=O)[C@@H](NS(=O)(=O)c2ccccc2)C(C)C)cc1. The Morgan fingerprint density at radius 2 is 1.65 bits per heavy atom. The smallest absolute Gasteiger partial charge is 0.324 e. The molecule has 26 heavy (non-hydrogen) atoms. The molecule has 0 spiro atoms. The molecule has 1 atom stereocenters. The lowest BCUT2D eigenvalue weighted by molar-refractivity contribution is -0.148. The number of esters is 1. The predicted molar refractivity (Wildman–Crippen MR) is 98.2 cm³/mol. The molecule has 2 rings (SSSR count). The Morgan fingerprint density at radius 3 is 2.19 bits per heavy atom. The Kier molecular flexibility index (Phi) is 6.76. The van der Waals surface area contributed by atoms with Crippen LogP contribution in [0.15, 0.2) is 59.5 Å². The molecule has 0 unspecified atom stereocenters. The summed E-state index contributed by atoms with van der Waals surface area (Å²) in [6, 6.07) is 14.0. The third kappa shape index (κ3) is 5.31. The van der Waals surface area contributed by atoms with E-state index in [1.54, 1.807) is 63.4 Å². The second-order valence-corrected chi connectivity index (χ2v) is 7.83. The second-order valence-electron chi connectivity index (χ2n) is 6.11. The molecule has 0 aromatic heterocycles. The highest BCUT2D eigenvalue weighted by Crippen LogP contribution is 2.15. The van der Waals surface area contributed by atoms with Gasteiger partial charge < -0.3 is 9.47 Å². The topological polar surface area (TPSA) is 81.7 Å². The first-order valence-corrected chi connectivity index (χ1v) is 9.69. The Morgan fingerprint density at radius 1 is 1.04 bits per heavy atom. The van der Waals surface area contributed by atoms with Crippen molar-refractivity contribution in [2.45, 2.75) is 31.4 Å². The van der Waals surface area contributed by atoms with Crippen LogP contribution in [-0.2, 0) is 26.2 Å². The molecule has 0 amide bonds. The highest BCUT2D eigenvalue weighted by molar-refractivity contribution is 7.89. The van der Waals surface area contributed by atoms with Crippen molar-refractivity contribution >= 4 is 16.0 Å². The lowest BCUT2D eigenvalue weighted by Gasteiger charge is -2.21. The molecule has 0 bridgehead atoms. The van der Waals surface area contributed by atoms with E-state index in [0.29, 0.717) is 5.75 Å². The summed E-state index contributed by atoms with van der Waals surface area (Å²) < 4.78 is 37.7. The Hall–Kier alpha value is -2.38. The Bertz CT molecular complexity index is 817. The van der Waals surface area contributed by atoms with E-state index in [2.05, 4.69) is 4.72 Å². The molecule has 0 fully saturated rings. The maximum Gasteiger partial charge on any atom is 0.324 e. The first kappa shape index (κ1) is 19.9. The van der Waals surface area contributed by atoms with Crippen LogP contribution < -0.4 is 9.46 Å². The van der Waals surface area contributed by atoms with E-state index in [-0.39, 0.29) is 17.4 Å². The molecule has 0 aliphatic heterocycles. The number of benzene rings is 2. The minimum Gasteiger partial charge on any atom is -0.497 e. The summed E-state index contributed by atoms with van der Waals surface area (Å²) in [6.45, 7) is 3.57. The lowest BCUT2D eigenvalue weighted by atomic mass is 10.1. The number of nitrogens with one attached hydrogen (secondary N) is 1. The van der Waals surface area contributed by atoms with Gasteiger partial charge in [0.2, 0.25) is 10.0 Å². The maximum absolute atomic E-state index is 12.5. The predicted octanol–water partition coefficient (Wildman–Crippen LogP) is 2.74. The van der Waals surface area contributed by atoms with E-state index in [1.165, 1.54) is 12.1 Å². The van der Waals surface area contributed by atoms with Crippen LogP contribution in [0.1, 0.15) is 19.4 Å². The van der Waals surface area contributed by atoms with E-state index in [4.69, 9.17) is 9.47 Å². The number of methoxy groups -OCH3 is 1. The van der Waals surface area contributed by atoms with E-state index in [0.717, 1.165) is 5.56 Å². The van der Waals surface area contributed by atoms with Crippen molar-refractivity contribution < 1.29 is 22.7 Å². The zero-order valence-electron chi connectivity index (χ0n) is 15.0. The van der Waals surface area contributed by atoms with Gasteiger partial charge in [-0.1, -0.05) is 44.2 Å². The minimum absolute atomic E-state index is 0.0547. The van der Waals surface area contributed by atoms with Gasteiger partial charge in [-0.2, -0.15) is 4.72 Å². The molecule has 0 aliphatic carbocycles. The summed E-state index contributed by atoms with van der Waals surface area (Å²) in [6.07, 6.45) is 0. The highest BCUT2D eigenvalue weighted by atomic mass is 32.2. The first-order valence-electron chi connectivity index (χ1n) is 8.20. The van der Waals surface area contributed by atoms with Gasteiger partial charge in [-0.15, -0.1) is 0 Å². The van der Waals surface area contributed by atoms with Crippen molar-refractivity contribution in [3.8, 4) is 5.75 Å². The van der Waals surface area contributed by atoms with Gasteiger partial charge in [0.05, 0.1) is 12.0 Å². The van der Waals surface area contributed by atoms with Gasteiger partial charge in [0.15, 0.2) is 0 Å². The Labute approximate surface area is 154 Å². The third-order valence-electron chi connectivity index (χ3n) is 3.80. The van der Waals surface area contributed by atoms with Crippen LogP contribution in [0, 0.1) is 5.92 Å². The second kappa shape index (κ2) is 8.82. The Balaban J connectivity index is 2.05. The highest BCUT2D eigenvalue weighted by Gasteiger charge is 2.29. The summed E-state index contributed by atoms with van der Waals surface area (Å²) in [4.78, 5) is 12.5. The average molecular weight is 377 g/mol. The van der Waals surface area contributed by atoms with Gasteiger partial charge in [0.25, 0.3) is 0 Å². The molecular formula is C19H23NO5S. The van der Waals surface area contributed by atoms with E-state index >= 15 is 0 Å². The van der Waals surface area contributed by atoms with Crippen LogP contribution in [0.5, 0.6) is 5.75 Å². The van der Waals surface area contributed by atoms with Gasteiger partial charge in [-0.05, 0) is 35.7 Å². The standard InChI is InChI=1S/C19H23NO5S/c1-14(2)18(20-26(22,23)17-7-5-4-6-8-17)19(21)25-13-15-9-11-16(24-3)12-10-15/h4-12,14,18,20H,13H2,1-3H3/t18-/m0/s1. The summed E-state index contributed by atoms with van der Waals surface area (Å²) in [5, 5.41) is 0. The molecule has 0 heterocycles. The molecule has 0 aliphatic rings. The number of rotatable bonds is 8. The van der Waals surface area contributed by atoms with Gasteiger partial charge >= 0.3 is 5.97 Å². The van der Waals surface area contributed by atoms with Gasteiger partial charge in [-0.3, -0.25) is 4.79 Å². The van der Waals surface area contributed by atoms with E-state index in [1.807, 2.05) is 0 Å². The van der Waals surface area contributed by atoms with Crippen molar-refractivity contribution in [1.29, 1.82) is 0 Å². The van der Waals surface area contributed by atoms with Crippen LogP contribution in [0.3, 0.4) is 0 Å². The van der Waals surface area contributed by atoms with Gasteiger partial charge in [0, 0.05) is 0 Å². The minimum atomic E-state index is -3.81. The first-order chi connectivity index (χ1) is 12.3. The fraction of sp³-hybridized carbons (Fsp3) is 0.316. The van der Waals surface area contributed by atoms with Crippen molar-refractivity contribution in [3.63, 3.8) is 0 Å². The summed E-state index contributed by atoms with van der Waals surface area (Å²) >= 11 is 0. The number of carbonyl (C=O) groups is 1. The van der Waals surface area contributed by atoms with Crippen LogP contribution in [0.4, 0.5) is 0 Å². The monoisotopic (exact) mass is 377 g/mol. The molecule has 0 saturated carbocycles. The molecule has 0 saturated heterocycles.